The van der Waals surface area contributed by atoms with E-state index in [1.54, 1.807) is 6.07 Å². The third-order valence-corrected chi connectivity index (χ3v) is 3.18. The average Bonchev–Trinajstić information content (AvgIpc) is 2.13. The second-order valence-electron chi connectivity index (χ2n) is 4.07. The number of rotatable bonds is 4. The van der Waals surface area contributed by atoms with Gasteiger partial charge in [0.05, 0.1) is 0 Å². The second-order valence-corrected chi connectivity index (χ2v) is 4.99. The Balaban J connectivity index is 1.86. The Bertz CT molecular complexity index is 346. The monoisotopic (exact) mass is 287 g/mol. The van der Waals surface area contributed by atoms with Crippen LogP contribution in [-0.2, 0) is 0 Å². The van der Waals surface area contributed by atoms with Crippen LogP contribution < -0.4 is 10.1 Å². The van der Waals surface area contributed by atoms with Gasteiger partial charge in [-0.15, -0.1) is 0 Å². The SMILES string of the molecule is CCNC1CC(Oc2cc(F)cc(Br)c2)C1. The summed E-state index contributed by atoms with van der Waals surface area (Å²) in [6, 6.07) is 5.20. The molecule has 1 N–H and O–H groups in total. The molecule has 2 nitrogen and oxygen atoms in total. The number of nitrogens with one attached hydrogen (secondary N) is 1. The van der Waals surface area contributed by atoms with Gasteiger partial charge in [-0.2, -0.15) is 0 Å². The van der Waals surface area contributed by atoms with Gasteiger partial charge in [0.15, 0.2) is 0 Å². The minimum Gasteiger partial charge on any atom is -0.490 e. The topological polar surface area (TPSA) is 21.3 Å². The number of hydrogen-bond acceptors (Lipinski definition) is 2. The molecule has 0 aliphatic heterocycles. The molecule has 2 rings (SSSR count). The molecule has 0 saturated heterocycles. The third-order valence-electron chi connectivity index (χ3n) is 2.73. The fraction of sp³-hybridized carbons (Fsp3) is 0.500. The van der Waals surface area contributed by atoms with Crippen molar-refractivity contribution in [2.24, 2.45) is 0 Å². The minimum absolute atomic E-state index is 0.220. The van der Waals surface area contributed by atoms with Crippen molar-refractivity contribution in [2.45, 2.75) is 31.9 Å². The van der Waals surface area contributed by atoms with Crippen LogP contribution in [0.25, 0.3) is 0 Å². The lowest BCUT2D eigenvalue weighted by atomic mass is 9.89. The second kappa shape index (κ2) is 5.15. The number of halogens is 2. The fourth-order valence-electron chi connectivity index (χ4n) is 1.91. The van der Waals surface area contributed by atoms with Gasteiger partial charge in [0.25, 0.3) is 0 Å². The molecule has 1 aliphatic rings. The summed E-state index contributed by atoms with van der Waals surface area (Å²) in [5.74, 6) is 0.332. The van der Waals surface area contributed by atoms with E-state index in [0.717, 1.165) is 19.4 Å². The summed E-state index contributed by atoms with van der Waals surface area (Å²) in [6.07, 6.45) is 2.22. The van der Waals surface area contributed by atoms with E-state index in [1.165, 1.54) is 12.1 Å². The smallest absolute Gasteiger partial charge is 0.128 e. The normalized spacial score (nSPS) is 23.9. The largest absolute Gasteiger partial charge is 0.490 e. The van der Waals surface area contributed by atoms with Gasteiger partial charge < -0.3 is 10.1 Å². The third kappa shape index (κ3) is 2.95. The van der Waals surface area contributed by atoms with Gasteiger partial charge in [-0.3, -0.25) is 0 Å². The number of benzene rings is 1. The first-order valence-corrected chi connectivity index (χ1v) is 6.33. The predicted octanol–water partition coefficient (Wildman–Crippen LogP) is 3.11. The molecule has 1 aromatic rings. The molecule has 1 aromatic carbocycles. The molecule has 16 heavy (non-hydrogen) atoms. The van der Waals surface area contributed by atoms with Crippen molar-refractivity contribution in [3.8, 4) is 5.75 Å². The maximum atomic E-state index is 13.1. The molecule has 88 valence electrons. The van der Waals surface area contributed by atoms with Gasteiger partial charge in [-0.1, -0.05) is 22.9 Å². The maximum Gasteiger partial charge on any atom is 0.128 e. The van der Waals surface area contributed by atoms with E-state index in [9.17, 15) is 4.39 Å². The highest BCUT2D eigenvalue weighted by molar-refractivity contribution is 9.10. The zero-order chi connectivity index (χ0) is 11.5. The summed E-state index contributed by atoms with van der Waals surface area (Å²) in [4.78, 5) is 0. The standard InChI is InChI=1S/C12H15BrFNO/c1-2-15-10-6-12(7-10)16-11-4-8(13)3-9(14)5-11/h3-5,10,12,15H,2,6-7H2,1H3. The molecule has 0 radical (unpaired) electrons. The molecule has 1 saturated carbocycles. The molecule has 0 spiro atoms. The molecular weight excluding hydrogens is 273 g/mol. The first-order valence-electron chi connectivity index (χ1n) is 5.53. The van der Waals surface area contributed by atoms with Gasteiger partial charge in [-0.05, 0) is 31.5 Å². The summed E-state index contributed by atoms with van der Waals surface area (Å²) in [6.45, 7) is 3.08. The molecule has 1 aliphatic carbocycles. The van der Waals surface area contributed by atoms with Crippen LogP contribution in [-0.4, -0.2) is 18.7 Å². The lowest BCUT2D eigenvalue weighted by molar-refractivity contribution is 0.0856. The van der Waals surface area contributed by atoms with Crippen molar-refractivity contribution in [1.82, 2.24) is 5.32 Å². The summed E-state index contributed by atoms with van der Waals surface area (Å²) in [7, 11) is 0. The molecule has 0 unspecified atom stereocenters. The Morgan fingerprint density at radius 2 is 2.19 bits per heavy atom. The summed E-state index contributed by atoms with van der Waals surface area (Å²) >= 11 is 3.25. The highest BCUT2D eigenvalue weighted by Gasteiger charge is 2.30. The summed E-state index contributed by atoms with van der Waals surface area (Å²) < 4.78 is 19.5. The van der Waals surface area contributed by atoms with Crippen LogP contribution in [0.15, 0.2) is 22.7 Å². The quantitative estimate of drug-likeness (QED) is 0.919. The molecule has 0 heterocycles. The highest BCUT2D eigenvalue weighted by Crippen LogP contribution is 2.28. The zero-order valence-electron chi connectivity index (χ0n) is 9.17. The van der Waals surface area contributed by atoms with E-state index in [4.69, 9.17) is 4.74 Å². The lowest BCUT2D eigenvalue weighted by Crippen LogP contribution is -2.46. The summed E-state index contributed by atoms with van der Waals surface area (Å²) in [5.41, 5.74) is 0. The van der Waals surface area contributed by atoms with Gasteiger partial charge in [-0.25, -0.2) is 4.39 Å². The Labute approximate surface area is 103 Å². The Morgan fingerprint density at radius 3 is 2.81 bits per heavy atom. The van der Waals surface area contributed by atoms with Crippen LogP contribution >= 0.6 is 15.9 Å². The van der Waals surface area contributed by atoms with E-state index in [1.807, 2.05) is 0 Å². The van der Waals surface area contributed by atoms with Crippen molar-refractivity contribution in [2.75, 3.05) is 6.54 Å². The molecule has 1 fully saturated rings. The average molecular weight is 288 g/mol. The van der Waals surface area contributed by atoms with Crippen molar-refractivity contribution >= 4 is 15.9 Å². The number of ether oxygens (including phenoxy) is 1. The van der Waals surface area contributed by atoms with Crippen molar-refractivity contribution in [3.63, 3.8) is 0 Å². The number of hydrogen-bond donors (Lipinski definition) is 1. The summed E-state index contributed by atoms with van der Waals surface area (Å²) in [5, 5.41) is 3.36. The minimum atomic E-state index is -0.271. The van der Waals surface area contributed by atoms with E-state index in [-0.39, 0.29) is 11.9 Å². The van der Waals surface area contributed by atoms with E-state index in [0.29, 0.717) is 16.3 Å². The molecule has 4 heteroatoms. The molecule has 0 atom stereocenters. The highest BCUT2D eigenvalue weighted by atomic mass is 79.9. The lowest BCUT2D eigenvalue weighted by Gasteiger charge is -2.35. The van der Waals surface area contributed by atoms with Crippen LogP contribution in [0.4, 0.5) is 4.39 Å². The van der Waals surface area contributed by atoms with E-state index in [2.05, 4.69) is 28.2 Å². The van der Waals surface area contributed by atoms with Crippen LogP contribution in [0.5, 0.6) is 5.75 Å². The van der Waals surface area contributed by atoms with Gasteiger partial charge in [0.1, 0.15) is 17.7 Å². The molecular formula is C12H15BrFNO. The van der Waals surface area contributed by atoms with Gasteiger partial charge in [0, 0.05) is 16.6 Å². The van der Waals surface area contributed by atoms with Gasteiger partial charge in [0.2, 0.25) is 0 Å². The van der Waals surface area contributed by atoms with Crippen molar-refractivity contribution in [1.29, 1.82) is 0 Å². The van der Waals surface area contributed by atoms with Crippen LogP contribution in [0.3, 0.4) is 0 Å². The Morgan fingerprint density at radius 1 is 1.44 bits per heavy atom. The van der Waals surface area contributed by atoms with Crippen molar-refractivity contribution in [3.05, 3.63) is 28.5 Å². The van der Waals surface area contributed by atoms with Crippen LogP contribution in [0.2, 0.25) is 0 Å². The maximum absolute atomic E-state index is 13.1. The molecule has 0 bridgehead atoms. The van der Waals surface area contributed by atoms with Gasteiger partial charge >= 0.3 is 0 Å². The molecule has 0 amide bonds. The zero-order valence-corrected chi connectivity index (χ0v) is 10.8. The van der Waals surface area contributed by atoms with Crippen LogP contribution in [0.1, 0.15) is 19.8 Å². The molecule has 0 aromatic heterocycles. The predicted molar refractivity (Wildman–Crippen MR) is 65.2 cm³/mol. The Kier molecular flexibility index (Phi) is 3.82. The van der Waals surface area contributed by atoms with Crippen molar-refractivity contribution < 1.29 is 9.13 Å². The first kappa shape index (κ1) is 11.9. The Hall–Kier alpha value is -0.610. The fourth-order valence-corrected chi connectivity index (χ4v) is 2.35. The van der Waals surface area contributed by atoms with Crippen LogP contribution in [0, 0.1) is 5.82 Å². The van der Waals surface area contributed by atoms with E-state index >= 15 is 0 Å². The first-order chi connectivity index (χ1) is 7.67. The van der Waals surface area contributed by atoms with E-state index < -0.39 is 0 Å².